The maximum atomic E-state index is 11.0. The van der Waals surface area contributed by atoms with Crippen molar-refractivity contribution < 1.29 is 35.1 Å². The first kappa shape index (κ1) is 22.1. The molecule has 0 aliphatic carbocycles. The molecule has 4 rings (SSSR count). The van der Waals surface area contributed by atoms with Gasteiger partial charge in [0, 0.05) is 0 Å². The molecular formula is C21H12F8. The molecule has 0 aromatic heterocycles. The van der Waals surface area contributed by atoms with Crippen LogP contribution < -0.4 is 0 Å². The molecule has 0 saturated carbocycles. The molecule has 29 heavy (non-hydrogen) atoms. The predicted octanol–water partition coefficient (Wildman–Crippen LogP) is 8.61. The molecule has 0 bridgehead atoms. The average Bonchev–Trinajstić information content (AvgIpc) is 2.65. The van der Waals surface area contributed by atoms with Crippen molar-refractivity contribution >= 4 is 32.3 Å². The minimum Gasteiger partial charge on any atom is -0.196 e. The maximum Gasteiger partial charge on any atom is 0.448 e. The number of hydrogen-bond acceptors (Lipinski definition) is 0. The van der Waals surface area contributed by atoms with E-state index in [1.165, 1.54) is 32.3 Å². The van der Waals surface area contributed by atoms with Crippen molar-refractivity contribution in [2.75, 3.05) is 0 Å². The highest BCUT2D eigenvalue weighted by Crippen LogP contribution is 2.34. The zero-order chi connectivity index (χ0) is 21.8. The Balaban J connectivity index is 0.000000198. The Bertz CT molecular complexity index is 1020. The van der Waals surface area contributed by atoms with Crippen LogP contribution in [0.1, 0.15) is 0 Å². The average molecular weight is 416 g/mol. The molecule has 0 heterocycles. The Labute approximate surface area is 159 Å². The fraction of sp³-hybridized carbons (Fsp3) is 0.0476. The summed E-state index contributed by atoms with van der Waals surface area (Å²) >= 11 is 0. The number of alkyl halides is 3. The van der Waals surface area contributed by atoms with Gasteiger partial charge in [0.15, 0.2) is 0 Å². The lowest BCUT2D eigenvalue weighted by Gasteiger charge is -2.09. The van der Waals surface area contributed by atoms with Crippen LogP contribution in [0.5, 0.6) is 0 Å². The first-order chi connectivity index (χ1) is 13.5. The molecule has 8 heteroatoms. The minimum absolute atomic E-state index is 1.34. The van der Waals surface area contributed by atoms with Gasteiger partial charge in [0.25, 0.3) is 11.9 Å². The summed E-state index contributed by atoms with van der Waals surface area (Å²) in [5, 5.41) is 8.14. The summed E-state index contributed by atoms with van der Waals surface area (Å²) in [4.78, 5) is 0. The lowest BCUT2D eigenvalue weighted by atomic mass is 9.95. The van der Waals surface area contributed by atoms with Crippen LogP contribution in [0.15, 0.2) is 85.2 Å². The van der Waals surface area contributed by atoms with Gasteiger partial charge in [0.05, 0.1) is 0 Å². The summed E-state index contributed by atoms with van der Waals surface area (Å²) in [6, 6.07) is 21.9. The van der Waals surface area contributed by atoms with Gasteiger partial charge in [-0.1, -0.05) is 60.7 Å². The van der Waals surface area contributed by atoms with Crippen molar-refractivity contribution in [3.05, 3.63) is 85.2 Å². The predicted molar refractivity (Wildman–Crippen MR) is 97.9 cm³/mol. The summed E-state index contributed by atoms with van der Waals surface area (Å²) in [7, 11) is 0. The van der Waals surface area contributed by atoms with Gasteiger partial charge in [0.2, 0.25) is 0 Å². The van der Waals surface area contributed by atoms with Crippen molar-refractivity contribution in [3.8, 4) is 0 Å². The zero-order valence-corrected chi connectivity index (χ0v) is 14.5. The number of hydrogen-bond donors (Lipinski definition) is 0. The molecule has 0 unspecified atom stereocenters. The Morgan fingerprint density at radius 1 is 0.586 bits per heavy atom. The molecular weight excluding hydrogens is 404 g/mol. The second-order valence-electron chi connectivity index (χ2n) is 5.70. The Morgan fingerprint density at radius 2 is 0.862 bits per heavy atom. The SMILES string of the molecule is C=C(F)F.FC(F)=C(F)C(F)(F)F.c1cc2ccc3cccc4ccc(c1)c2c34. The summed E-state index contributed by atoms with van der Waals surface area (Å²) < 4.78 is 85.1. The topological polar surface area (TPSA) is 0 Å². The summed E-state index contributed by atoms with van der Waals surface area (Å²) in [6.45, 7) is 2.22. The Kier molecular flexibility index (Phi) is 6.79. The summed E-state index contributed by atoms with van der Waals surface area (Å²) in [6.07, 6.45) is -10.7. The summed E-state index contributed by atoms with van der Waals surface area (Å²) in [5.74, 6) is -3.33. The smallest absolute Gasteiger partial charge is 0.196 e. The third-order valence-electron chi connectivity index (χ3n) is 3.81. The molecule has 4 aromatic carbocycles. The van der Waals surface area contributed by atoms with Crippen LogP contribution in [0.4, 0.5) is 35.1 Å². The van der Waals surface area contributed by atoms with E-state index in [-0.39, 0.29) is 0 Å². The first-order valence-electron chi connectivity index (χ1n) is 7.92. The molecule has 0 spiro atoms. The summed E-state index contributed by atoms with van der Waals surface area (Å²) in [5.41, 5.74) is 0. The molecule has 0 fully saturated rings. The van der Waals surface area contributed by atoms with Crippen LogP contribution in [-0.4, -0.2) is 6.18 Å². The fourth-order valence-electron chi connectivity index (χ4n) is 2.78. The van der Waals surface area contributed by atoms with Gasteiger partial charge in [-0.3, -0.25) is 0 Å². The van der Waals surface area contributed by atoms with Crippen LogP contribution in [0.3, 0.4) is 0 Å². The van der Waals surface area contributed by atoms with Crippen molar-refractivity contribution in [3.63, 3.8) is 0 Å². The van der Waals surface area contributed by atoms with Crippen LogP contribution in [0, 0.1) is 0 Å². The van der Waals surface area contributed by atoms with Crippen LogP contribution in [0.25, 0.3) is 32.3 Å². The van der Waals surface area contributed by atoms with Gasteiger partial charge in [-0.05, 0) is 38.9 Å². The highest BCUT2D eigenvalue weighted by Gasteiger charge is 2.38. The molecule has 0 radical (unpaired) electrons. The zero-order valence-electron chi connectivity index (χ0n) is 14.5. The standard InChI is InChI=1S/C16H10.C3F6.C2H2F2/c1-3-11-7-9-13-5-2-6-14-10-8-12(4-1)15(11)16(13)14;4-1(2(5)6)3(7,8)9;1-2(3)4/h1-10H;;1H2. The third-order valence-corrected chi connectivity index (χ3v) is 3.81. The highest BCUT2D eigenvalue weighted by molar-refractivity contribution is 6.22. The number of halogens is 8. The van der Waals surface area contributed by atoms with Crippen molar-refractivity contribution in [1.29, 1.82) is 0 Å². The van der Waals surface area contributed by atoms with Gasteiger partial charge >= 0.3 is 12.3 Å². The monoisotopic (exact) mass is 416 g/mol. The first-order valence-corrected chi connectivity index (χ1v) is 7.92. The molecule has 0 amide bonds. The van der Waals surface area contributed by atoms with E-state index in [0.717, 1.165) is 0 Å². The fourth-order valence-corrected chi connectivity index (χ4v) is 2.78. The van der Waals surface area contributed by atoms with E-state index in [1.54, 1.807) is 0 Å². The minimum atomic E-state index is -5.56. The van der Waals surface area contributed by atoms with Crippen molar-refractivity contribution in [2.24, 2.45) is 0 Å². The van der Waals surface area contributed by atoms with Crippen LogP contribution >= 0.6 is 0 Å². The molecule has 0 aliphatic rings. The Hall–Kier alpha value is -3.16. The molecule has 0 saturated heterocycles. The van der Waals surface area contributed by atoms with Crippen molar-refractivity contribution in [1.82, 2.24) is 0 Å². The normalized spacial score (nSPS) is 10.9. The van der Waals surface area contributed by atoms with E-state index in [2.05, 4.69) is 67.2 Å². The number of rotatable bonds is 0. The highest BCUT2D eigenvalue weighted by atomic mass is 19.4. The molecule has 0 N–H and O–H groups in total. The van der Waals surface area contributed by atoms with E-state index >= 15 is 0 Å². The van der Waals surface area contributed by atoms with E-state index in [9.17, 15) is 35.1 Å². The van der Waals surface area contributed by atoms with E-state index in [4.69, 9.17) is 0 Å². The van der Waals surface area contributed by atoms with Crippen molar-refractivity contribution in [2.45, 2.75) is 6.18 Å². The largest absolute Gasteiger partial charge is 0.448 e. The van der Waals surface area contributed by atoms with Crippen LogP contribution in [0.2, 0.25) is 0 Å². The lowest BCUT2D eigenvalue weighted by Crippen LogP contribution is -2.08. The molecule has 4 aromatic rings. The second-order valence-corrected chi connectivity index (χ2v) is 5.70. The molecule has 0 nitrogen and oxygen atoms in total. The van der Waals surface area contributed by atoms with E-state index in [1.807, 2.05) is 0 Å². The number of benzene rings is 4. The maximum absolute atomic E-state index is 11.0. The quantitative estimate of drug-likeness (QED) is 0.199. The molecule has 0 atom stereocenters. The van der Waals surface area contributed by atoms with Gasteiger partial charge in [-0.15, -0.1) is 0 Å². The van der Waals surface area contributed by atoms with Gasteiger partial charge in [-0.25, -0.2) is 0 Å². The molecule has 0 aliphatic heterocycles. The van der Waals surface area contributed by atoms with Gasteiger partial charge in [0.1, 0.15) is 0 Å². The van der Waals surface area contributed by atoms with E-state index < -0.39 is 24.2 Å². The van der Waals surface area contributed by atoms with E-state index in [0.29, 0.717) is 0 Å². The van der Waals surface area contributed by atoms with Crippen LogP contribution in [-0.2, 0) is 0 Å². The van der Waals surface area contributed by atoms with Gasteiger partial charge in [-0.2, -0.15) is 35.1 Å². The third kappa shape index (κ3) is 5.43. The second kappa shape index (κ2) is 8.89. The lowest BCUT2D eigenvalue weighted by molar-refractivity contribution is -0.113. The van der Waals surface area contributed by atoms with Gasteiger partial charge < -0.3 is 0 Å². The Morgan fingerprint density at radius 3 is 1.03 bits per heavy atom. The number of allylic oxidation sites excluding steroid dienone is 1. The molecule has 152 valence electrons.